The zero-order valence-corrected chi connectivity index (χ0v) is 28.3. The van der Waals surface area contributed by atoms with Crippen LogP contribution in [0, 0.1) is 19.3 Å². The van der Waals surface area contributed by atoms with Crippen LogP contribution in [0.25, 0.3) is 5.69 Å². The van der Waals surface area contributed by atoms with Crippen molar-refractivity contribution >= 4 is 40.3 Å². The van der Waals surface area contributed by atoms with Gasteiger partial charge in [0, 0.05) is 59.2 Å². The maximum atomic E-state index is 12.8. The lowest BCUT2D eigenvalue weighted by atomic mass is 9.95. The predicted molar refractivity (Wildman–Crippen MR) is 188 cm³/mol. The Morgan fingerprint density at radius 3 is 2.31 bits per heavy atom. The van der Waals surface area contributed by atoms with E-state index in [2.05, 4.69) is 83.0 Å². The number of benzene rings is 2. The van der Waals surface area contributed by atoms with Crippen LogP contribution in [-0.2, 0) is 4.79 Å². The Balaban J connectivity index is 1.59. The molecular formula is C36H44N6O2S. The van der Waals surface area contributed by atoms with Gasteiger partial charge in [-0.05, 0) is 100 Å². The minimum absolute atomic E-state index is 0.0856. The van der Waals surface area contributed by atoms with Gasteiger partial charge in [0.1, 0.15) is 5.75 Å². The van der Waals surface area contributed by atoms with Gasteiger partial charge in [-0.15, -0.1) is 0 Å². The van der Waals surface area contributed by atoms with E-state index in [4.69, 9.17) is 21.9 Å². The Bertz CT molecular complexity index is 1670. The molecule has 2 atom stereocenters. The number of nitrogens with zero attached hydrogens (tertiary/aromatic N) is 4. The second-order valence-corrected chi connectivity index (χ2v) is 12.8. The Kier molecular flexibility index (Phi) is 9.20. The highest BCUT2D eigenvalue weighted by atomic mass is 32.1. The highest BCUT2D eigenvalue weighted by molar-refractivity contribution is 7.80. The van der Waals surface area contributed by atoms with Gasteiger partial charge in [-0.1, -0.05) is 26.8 Å². The highest BCUT2D eigenvalue weighted by Gasteiger charge is 2.42. The monoisotopic (exact) mass is 624 g/mol. The number of amides is 1. The first-order valence-electron chi connectivity index (χ1n) is 15.5. The number of carbonyl (C=O) groups is 1. The van der Waals surface area contributed by atoms with Crippen molar-refractivity contribution < 1.29 is 9.53 Å². The molecule has 0 spiro atoms. The lowest BCUT2D eigenvalue weighted by Gasteiger charge is -2.29. The van der Waals surface area contributed by atoms with Gasteiger partial charge < -0.3 is 29.7 Å². The smallest absolute Gasteiger partial charge is 0.229 e. The van der Waals surface area contributed by atoms with E-state index in [0.29, 0.717) is 16.5 Å². The normalized spacial score (nSPS) is 16.4. The molecule has 3 heterocycles. The molecule has 8 nitrogen and oxygen atoms in total. The van der Waals surface area contributed by atoms with Crippen LogP contribution in [0.1, 0.15) is 69.3 Å². The molecule has 0 aliphatic carbocycles. The molecule has 45 heavy (non-hydrogen) atoms. The largest absolute Gasteiger partial charge is 0.494 e. The number of nitrogens with one attached hydrogen (secondary N) is 2. The molecule has 1 fully saturated rings. The van der Waals surface area contributed by atoms with Crippen molar-refractivity contribution in [2.45, 2.75) is 60.5 Å². The van der Waals surface area contributed by atoms with Crippen molar-refractivity contribution in [1.29, 1.82) is 0 Å². The molecule has 5 rings (SSSR count). The van der Waals surface area contributed by atoms with Crippen LogP contribution in [0.3, 0.4) is 0 Å². The molecule has 2 N–H and O–H groups in total. The summed E-state index contributed by atoms with van der Waals surface area (Å²) in [6.45, 7) is 16.3. The molecule has 2 aromatic heterocycles. The summed E-state index contributed by atoms with van der Waals surface area (Å²) in [4.78, 5) is 22.0. The molecule has 0 unspecified atom stereocenters. The van der Waals surface area contributed by atoms with Crippen LogP contribution in [0.5, 0.6) is 5.75 Å². The zero-order chi connectivity index (χ0) is 32.5. The molecule has 9 heteroatoms. The molecule has 1 saturated heterocycles. The average Bonchev–Trinajstić information content (AvgIpc) is 3.52. The van der Waals surface area contributed by atoms with Crippen LogP contribution in [-0.4, -0.2) is 40.8 Å². The van der Waals surface area contributed by atoms with E-state index in [9.17, 15) is 4.79 Å². The van der Waals surface area contributed by atoms with Crippen LogP contribution in [0.15, 0.2) is 72.9 Å². The number of hydrogen-bond acceptors (Lipinski definition) is 5. The first-order valence-corrected chi connectivity index (χ1v) is 15.9. The molecule has 1 amide bonds. The highest BCUT2D eigenvalue weighted by Crippen LogP contribution is 2.45. The van der Waals surface area contributed by atoms with E-state index in [1.807, 2.05) is 63.4 Å². The third-order valence-corrected chi connectivity index (χ3v) is 8.83. The number of anilines is 3. The minimum atomic E-state index is -0.542. The molecule has 0 saturated carbocycles. The summed E-state index contributed by atoms with van der Waals surface area (Å²) in [7, 11) is 1.61. The number of carbonyl (C=O) groups excluding carboxylic acids is 1. The molecule has 1 aliphatic heterocycles. The summed E-state index contributed by atoms with van der Waals surface area (Å²) in [5.74, 6) is 0.476. The maximum absolute atomic E-state index is 12.8. The number of hydrogen-bond donors (Lipinski definition) is 2. The number of methoxy groups -OCH3 is 1. The van der Waals surface area contributed by atoms with E-state index in [-0.39, 0.29) is 18.0 Å². The Morgan fingerprint density at radius 2 is 1.71 bits per heavy atom. The van der Waals surface area contributed by atoms with Gasteiger partial charge in [-0.3, -0.25) is 9.78 Å². The Hall–Kier alpha value is -4.37. The second-order valence-electron chi connectivity index (χ2n) is 12.4. The van der Waals surface area contributed by atoms with Crippen molar-refractivity contribution in [3.05, 3.63) is 95.6 Å². The van der Waals surface area contributed by atoms with Gasteiger partial charge in [0.05, 0.1) is 30.6 Å². The van der Waals surface area contributed by atoms with E-state index >= 15 is 0 Å². The minimum Gasteiger partial charge on any atom is -0.494 e. The molecule has 236 valence electrons. The molecule has 4 aromatic rings. The lowest BCUT2D eigenvalue weighted by Crippen LogP contribution is -2.30. The van der Waals surface area contributed by atoms with Gasteiger partial charge in [-0.25, -0.2) is 0 Å². The fraction of sp³-hybridized carbons (Fsp3) is 0.361. The topological polar surface area (TPSA) is 74.7 Å². The summed E-state index contributed by atoms with van der Waals surface area (Å²) in [5.41, 5.74) is 7.57. The third-order valence-electron chi connectivity index (χ3n) is 8.52. The van der Waals surface area contributed by atoms with Crippen molar-refractivity contribution in [3.8, 4) is 11.4 Å². The quantitative estimate of drug-likeness (QED) is 0.187. The molecule has 2 aromatic carbocycles. The lowest BCUT2D eigenvalue weighted by molar-refractivity contribution is -0.123. The summed E-state index contributed by atoms with van der Waals surface area (Å²) in [6.07, 6.45) is 1.82. The Morgan fingerprint density at radius 1 is 1.02 bits per heavy atom. The fourth-order valence-electron chi connectivity index (χ4n) is 6.08. The van der Waals surface area contributed by atoms with Gasteiger partial charge in [-0.2, -0.15) is 0 Å². The average molecular weight is 625 g/mol. The Labute approximate surface area is 272 Å². The number of pyridine rings is 1. The van der Waals surface area contributed by atoms with Crippen molar-refractivity contribution in [1.82, 2.24) is 14.9 Å². The summed E-state index contributed by atoms with van der Waals surface area (Å²) in [5, 5.41) is 7.18. The van der Waals surface area contributed by atoms with E-state index in [0.717, 1.165) is 47.1 Å². The summed E-state index contributed by atoms with van der Waals surface area (Å²) in [6, 6.07) is 22.4. The predicted octanol–water partition coefficient (Wildman–Crippen LogP) is 7.51. The fourth-order valence-corrected chi connectivity index (χ4v) is 6.42. The zero-order valence-electron chi connectivity index (χ0n) is 27.5. The third kappa shape index (κ3) is 6.27. The van der Waals surface area contributed by atoms with Gasteiger partial charge >= 0.3 is 0 Å². The second kappa shape index (κ2) is 12.9. The number of aromatic nitrogens is 2. The number of ether oxygens (including phenoxy) is 1. The molecule has 0 bridgehead atoms. The first kappa shape index (κ1) is 32.0. The molecule has 1 aliphatic rings. The van der Waals surface area contributed by atoms with Crippen LogP contribution in [0.2, 0.25) is 0 Å². The first-order chi connectivity index (χ1) is 21.5. The maximum Gasteiger partial charge on any atom is 0.229 e. The molecule has 0 radical (unpaired) electrons. The number of aryl methyl sites for hydroxylation is 1. The van der Waals surface area contributed by atoms with Crippen molar-refractivity contribution in [2.75, 3.05) is 35.3 Å². The van der Waals surface area contributed by atoms with E-state index in [1.54, 1.807) is 7.11 Å². The van der Waals surface area contributed by atoms with Gasteiger partial charge in [0.15, 0.2) is 5.11 Å². The van der Waals surface area contributed by atoms with Gasteiger partial charge in [0.2, 0.25) is 5.91 Å². The number of rotatable bonds is 9. The van der Waals surface area contributed by atoms with Gasteiger partial charge in [0.25, 0.3) is 0 Å². The summed E-state index contributed by atoms with van der Waals surface area (Å²) < 4.78 is 8.08. The van der Waals surface area contributed by atoms with Crippen LogP contribution in [0.4, 0.5) is 17.1 Å². The van der Waals surface area contributed by atoms with Crippen LogP contribution >= 0.6 is 12.2 Å². The SMILES string of the molecule is CCN(CC)c1ccc(-n2c(C)cc([C@H]3[C@@H](c4ccccn4)NC(=S)N3c3ccc(NC(=O)C(C)(C)C)c(OC)c3)c2C)cc1. The van der Waals surface area contributed by atoms with E-state index in [1.165, 1.54) is 5.69 Å². The van der Waals surface area contributed by atoms with E-state index < -0.39 is 5.41 Å². The number of thiocarbonyl (C=S) groups is 1. The standard InChI is InChI=1S/C36H44N6O2S/c1-9-40(10-2)25-14-16-26(17-15-25)41-23(3)21-28(24(41)4)33-32(30-13-11-12-20-37-30)39-35(45)42(33)27-18-19-29(31(22-27)44-8)38-34(43)36(5,6)7/h11-22,32-33H,9-10H2,1-8H3,(H,38,43)(H,39,45)/t32-,33+/m1/s1. The van der Waals surface area contributed by atoms with Crippen molar-refractivity contribution in [3.63, 3.8) is 0 Å². The van der Waals surface area contributed by atoms with Crippen molar-refractivity contribution in [2.24, 2.45) is 5.41 Å². The summed E-state index contributed by atoms with van der Waals surface area (Å²) >= 11 is 6.01. The van der Waals surface area contributed by atoms with Crippen LogP contribution < -0.4 is 25.2 Å². The molecular weight excluding hydrogens is 581 g/mol.